The number of aryl methyl sites for hydroxylation is 3. The monoisotopic (exact) mass is 371 g/mol. The summed E-state index contributed by atoms with van der Waals surface area (Å²) in [6, 6.07) is 0.969. The van der Waals surface area contributed by atoms with Crippen molar-refractivity contribution < 1.29 is 18.0 Å². The fourth-order valence-electron chi connectivity index (χ4n) is 2.63. The van der Waals surface area contributed by atoms with Crippen molar-refractivity contribution in [1.82, 2.24) is 25.1 Å². The van der Waals surface area contributed by atoms with E-state index in [9.17, 15) is 22.8 Å². The molecule has 0 saturated heterocycles. The Morgan fingerprint density at radius 2 is 2.00 bits per heavy atom. The summed E-state index contributed by atoms with van der Waals surface area (Å²) in [7, 11) is 0. The van der Waals surface area contributed by atoms with Crippen molar-refractivity contribution in [3.63, 3.8) is 0 Å². The highest BCUT2D eigenvalue weighted by Crippen LogP contribution is 2.28. The SMILES string of the molecule is Cc1nc(=O)[nH]c(C)c1CCC(=O)NCCn1nc(C(F)(F)F)cc1C. The number of carbonyl (C=O) groups is 1. The first-order chi connectivity index (χ1) is 12.1. The average Bonchev–Trinajstić information content (AvgIpc) is 2.87. The Morgan fingerprint density at radius 1 is 1.31 bits per heavy atom. The lowest BCUT2D eigenvalue weighted by molar-refractivity contribution is -0.141. The summed E-state index contributed by atoms with van der Waals surface area (Å²) in [6.45, 7) is 5.28. The fraction of sp³-hybridized carbons (Fsp3) is 0.500. The number of hydrogen-bond acceptors (Lipinski definition) is 4. The Hall–Kier alpha value is -2.65. The molecular formula is C16H20F3N5O2. The van der Waals surface area contributed by atoms with Crippen LogP contribution < -0.4 is 11.0 Å². The lowest BCUT2D eigenvalue weighted by Gasteiger charge is -2.09. The lowest BCUT2D eigenvalue weighted by Crippen LogP contribution is -2.28. The first kappa shape index (κ1) is 19.7. The normalized spacial score (nSPS) is 11.6. The first-order valence-corrected chi connectivity index (χ1v) is 8.02. The highest BCUT2D eigenvalue weighted by atomic mass is 19.4. The van der Waals surface area contributed by atoms with Crippen molar-refractivity contribution in [1.29, 1.82) is 0 Å². The van der Waals surface area contributed by atoms with E-state index in [1.807, 2.05) is 0 Å². The van der Waals surface area contributed by atoms with Crippen molar-refractivity contribution in [2.75, 3.05) is 6.54 Å². The molecule has 2 aromatic rings. The molecule has 0 atom stereocenters. The van der Waals surface area contributed by atoms with E-state index in [0.29, 0.717) is 23.5 Å². The minimum Gasteiger partial charge on any atom is -0.354 e. The van der Waals surface area contributed by atoms with Gasteiger partial charge < -0.3 is 10.3 Å². The van der Waals surface area contributed by atoms with Crippen LogP contribution in [0.5, 0.6) is 0 Å². The molecule has 2 rings (SSSR count). The minimum atomic E-state index is -4.49. The van der Waals surface area contributed by atoms with Gasteiger partial charge in [0, 0.05) is 30.0 Å². The molecule has 142 valence electrons. The van der Waals surface area contributed by atoms with E-state index in [4.69, 9.17) is 0 Å². The minimum absolute atomic E-state index is 0.145. The number of aromatic nitrogens is 4. The van der Waals surface area contributed by atoms with Crippen LogP contribution in [0.15, 0.2) is 10.9 Å². The van der Waals surface area contributed by atoms with Crippen molar-refractivity contribution >= 4 is 5.91 Å². The molecule has 2 heterocycles. The van der Waals surface area contributed by atoms with Crippen LogP contribution in [0.3, 0.4) is 0 Å². The summed E-state index contributed by atoms with van der Waals surface area (Å²) in [6.07, 6.45) is -3.90. The number of alkyl halides is 3. The van der Waals surface area contributed by atoms with Gasteiger partial charge in [-0.25, -0.2) is 4.79 Å². The molecule has 7 nitrogen and oxygen atoms in total. The Labute approximate surface area is 147 Å². The predicted octanol–water partition coefficient (Wildman–Crippen LogP) is 1.66. The molecular weight excluding hydrogens is 351 g/mol. The van der Waals surface area contributed by atoms with Gasteiger partial charge >= 0.3 is 11.9 Å². The van der Waals surface area contributed by atoms with Crippen LogP contribution in [0, 0.1) is 20.8 Å². The van der Waals surface area contributed by atoms with Gasteiger partial charge in [-0.3, -0.25) is 9.48 Å². The predicted molar refractivity (Wildman–Crippen MR) is 87.6 cm³/mol. The number of nitrogens with one attached hydrogen (secondary N) is 2. The summed E-state index contributed by atoms with van der Waals surface area (Å²) >= 11 is 0. The number of carbonyl (C=O) groups excluding carboxylic acids is 1. The smallest absolute Gasteiger partial charge is 0.354 e. The van der Waals surface area contributed by atoms with Crippen molar-refractivity contribution in [3.05, 3.63) is 44.9 Å². The molecule has 1 amide bonds. The standard InChI is InChI=1S/C16H20F3N5O2/c1-9-8-13(16(17,18)19)23-24(9)7-6-20-14(25)5-4-12-10(2)21-15(26)22-11(12)3/h8H,4-7H2,1-3H3,(H,20,25)(H,21,22,26). The summed E-state index contributed by atoms with van der Waals surface area (Å²) in [5.74, 6) is -0.240. The number of amides is 1. The number of hydrogen-bond donors (Lipinski definition) is 2. The Bertz CT molecular complexity index is 828. The highest BCUT2D eigenvalue weighted by molar-refractivity contribution is 5.76. The number of halogens is 3. The van der Waals surface area contributed by atoms with Gasteiger partial charge in [-0.15, -0.1) is 0 Å². The summed E-state index contributed by atoms with van der Waals surface area (Å²) in [5, 5.41) is 6.15. The van der Waals surface area contributed by atoms with Crippen molar-refractivity contribution in [3.8, 4) is 0 Å². The topological polar surface area (TPSA) is 92.7 Å². The molecule has 26 heavy (non-hydrogen) atoms. The molecule has 0 saturated carbocycles. The average molecular weight is 371 g/mol. The van der Waals surface area contributed by atoms with Crippen LogP contribution in [-0.4, -0.2) is 32.2 Å². The molecule has 10 heteroatoms. The third-order valence-corrected chi connectivity index (χ3v) is 3.97. The Morgan fingerprint density at radius 3 is 2.58 bits per heavy atom. The molecule has 0 radical (unpaired) electrons. The molecule has 0 aliphatic rings. The van der Waals surface area contributed by atoms with E-state index in [1.54, 1.807) is 13.8 Å². The van der Waals surface area contributed by atoms with E-state index in [2.05, 4.69) is 20.4 Å². The number of rotatable bonds is 6. The first-order valence-electron chi connectivity index (χ1n) is 8.02. The van der Waals surface area contributed by atoms with Gasteiger partial charge in [0.2, 0.25) is 5.91 Å². The van der Waals surface area contributed by atoms with Crippen LogP contribution in [0.25, 0.3) is 0 Å². The maximum absolute atomic E-state index is 12.6. The third kappa shape index (κ3) is 4.93. The van der Waals surface area contributed by atoms with Crippen LogP contribution in [0.1, 0.15) is 34.8 Å². The van der Waals surface area contributed by atoms with Gasteiger partial charge in [-0.1, -0.05) is 0 Å². The molecule has 0 spiro atoms. The third-order valence-electron chi connectivity index (χ3n) is 3.97. The second kappa shape index (κ2) is 7.71. The molecule has 2 aromatic heterocycles. The quantitative estimate of drug-likeness (QED) is 0.808. The number of nitrogens with zero attached hydrogens (tertiary/aromatic N) is 3. The summed E-state index contributed by atoms with van der Waals surface area (Å²) in [4.78, 5) is 29.6. The van der Waals surface area contributed by atoms with E-state index in [-0.39, 0.29) is 25.4 Å². The van der Waals surface area contributed by atoms with Crippen LogP contribution in [0.4, 0.5) is 13.2 Å². The van der Waals surface area contributed by atoms with Crippen LogP contribution in [0.2, 0.25) is 0 Å². The molecule has 2 N–H and O–H groups in total. The van der Waals surface area contributed by atoms with E-state index in [0.717, 1.165) is 11.6 Å². The largest absolute Gasteiger partial charge is 0.435 e. The summed E-state index contributed by atoms with van der Waals surface area (Å²) < 4.78 is 39.0. The molecule has 0 aliphatic carbocycles. The zero-order chi connectivity index (χ0) is 19.5. The van der Waals surface area contributed by atoms with Gasteiger partial charge in [0.05, 0.1) is 6.54 Å². The van der Waals surface area contributed by atoms with Crippen molar-refractivity contribution in [2.45, 2.75) is 46.3 Å². The molecule has 0 aromatic carbocycles. The van der Waals surface area contributed by atoms with Crippen LogP contribution in [-0.2, 0) is 23.9 Å². The fourth-order valence-corrected chi connectivity index (χ4v) is 2.63. The van der Waals surface area contributed by atoms with E-state index in [1.165, 1.54) is 11.6 Å². The van der Waals surface area contributed by atoms with Crippen molar-refractivity contribution in [2.24, 2.45) is 0 Å². The van der Waals surface area contributed by atoms with Gasteiger partial charge in [0.15, 0.2) is 5.69 Å². The second-order valence-electron chi connectivity index (χ2n) is 5.97. The Kier molecular flexibility index (Phi) is 5.83. The second-order valence-corrected chi connectivity index (χ2v) is 5.97. The van der Waals surface area contributed by atoms with E-state index >= 15 is 0 Å². The summed E-state index contributed by atoms with van der Waals surface area (Å²) in [5.41, 5.74) is 1.04. The Balaban J connectivity index is 1.85. The number of H-pyrrole nitrogens is 1. The van der Waals surface area contributed by atoms with Gasteiger partial charge in [-0.2, -0.15) is 23.3 Å². The van der Waals surface area contributed by atoms with Gasteiger partial charge in [-0.05, 0) is 38.8 Å². The molecule has 0 bridgehead atoms. The van der Waals surface area contributed by atoms with E-state index < -0.39 is 17.6 Å². The maximum atomic E-state index is 12.6. The van der Waals surface area contributed by atoms with Gasteiger partial charge in [0.1, 0.15) is 0 Å². The van der Waals surface area contributed by atoms with Gasteiger partial charge in [0.25, 0.3) is 0 Å². The lowest BCUT2D eigenvalue weighted by atomic mass is 10.1. The molecule has 0 unspecified atom stereocenters. The number of aromatic amines is 1. The molecule has 0 fully saturated rings. The zero-order valence-electron chi connectivity index (χ0n) is 14.7. The maximum Gasteiger partial charge on any atom is 0.435 e. The molecule has 0 aliphatic heterocycles. The zero-order valence-corrected chi connectivity index (χ0v) is 14.7. The highest BCUT2D eigenvalue weighted by Gasteiger charge is 2.34. The van der Waals surface area contributed by atoms with Crippen LogP contribution >= 0.6 is 0 Å².